The number of rotatable bonds is 4. The van der Waals surface area contributed by atoms with E-state index < -0.39 is 0 Å². The van der Waals surface area contributed by atoms with Gasteiger partial charge < -0.3 is 9.32 Å². The molecule has 3 fully saturated rings. The van der Waals surface area contributed by atoms with Gasteiger partial charge in [-0.2, -0.15) is 5.10 Å². The van der Waals surface area contributed by atoms with Gasteiger partial charge in [0, 0.05) is 24.9 Å². The van der Waals surface area contributed by atoms with Crippen LogP contribution in [0.5, 0.6) is 0 Å². The molecule has 24 heavy (non-hydrogen) atoms. The maximum Gasteiger partial charge on any atom is 0.257 e. The fourth-order valence-corrected chi connectivity index (χ4v) is 4.04. The van der Waals surface area contributed by atoms with E-state index in [1.54, 1.807) is 12.3 Å². The third-order valence-corrected chi connectivity index (χ3v) is 5.78. The van der Waals surface area contributed by atoms with E-state index in [0.717, 1.165) is 30.7 Å². The smallest absolute Gasteiger partial charge is 0.257 e. The van der Waals surface area contributed by atoms with Crippen molar-refractivity contribution in [2.75, 3.05) is 13.1 Å². The molecule has 0 spiro atoms. The van der Waals surface area contributed by atoms with Crippen LogP contribution < -0.4 is 0 Å². The quantitative estimate of drug-likeness (QED) is 0.937. The topological polar surface area (TPSA) is 75.0 Å². The lowest BCUT2D eigenvalue weighted by molar-refractivity contribution is 0.0783. The first-order chi connectivity index (χ1) is 11.7. The van der Waals surface area contributed by atoms with Gasteiger partial charge in [0.2, 0.25) is 0 Å². The van der Waals surface area contributed by atoms with Gasteiger partial charge in [-0.15, -0.1) is 0 Å². The molecule has 0 unspecified atom stereocenters. The molecule has 2 saturated carbocycles. The second-order valence-electron chi connectivity index (χ2n) is 7.56. The lowest BCUT2D eigenvalue weighted by Gasteiger charge is -2.15. The second kappa shape index (κ2) is 5.19. The molecule has 1 N–H and O–H groups in total. The van der Waals surface area contributed by atoms with Crippen molar-refractivity contribution in [1.82, 2.24) is 20.1 Å². The van der Waals surface area contributed by atoms with Crippen molar-refractivity contribution in [1.29, 1.82) is 0 Å². The van der Waals surface area contributed by atoms with Crippen LogP contribution in [-0.2, 0) is 0 Å². The van der Waals surface area contributed by atoms with Crippen LogP contribution in [0.3, 0.4) is 0 Å². The van der Waals surface area contributed by atoms with Crippen LogP contribution in [0.4, 0.5) is 0 Å². The molecule has 3 heterocycles. The van der Waals surface area contributed by atoms with Gasteiger partial charge in [-0.05, 0) is 50.5 Å². The number of hydrogen-bond acceptors (Lipinski definition) is 4. The summed E-state index contributed by atoms with van der Waals surface area (Å²) in [7, 11) is 0. The minimum Gasteiger partial charge on any atom is -0.469 e. The van der Waals surface area contributed by atoms with E-state index in [1.165, 1.54) is 25.7 Å². The van der Waals surface area contributed by atoms with Crippen LogP contribution in [0, 0.1) is 18.8 Å². The number of hydrogen-bond donors (Lipinski definition) is 1. The Labute approximate surface area is 140 Å². The molecular weight excluding hydrogens is 304 g/mol. The molecule has 0 radical (unpaired) electrons. The summed E-state index contributed by atoms with van der Waals surface area (Å²) in [6.07, 6.45) is 6.55. The third-order valence-electron chi connectivity index (χ3n) is 5.78. The largest absolute Gasteiger partial charge is 0.469 e. The Bertz CT molecular complexity index is 772. The SMILES string of the molecule is Cc1occc1C(=O)N1C[C@H](c2nc(C3CC3)n[nH]2)[C@@H](C2CC2)C1. The number of carbonyl (C=O) groups excluding carboxylic acids is 1. The van der Waals surface area contributed by atoms with Gasteiger partial charge in [0.25, 0.3) is 5.91 Å². The van der Waals surface area contributed by atoms with Gasteiger partial charge in [-0.25, -0.2) is 4.98 Å². The number of carbonyl (C=O) groups is 1. The van der Waals surface area contributed by atoms with Gasteiger partial charge in [0.05, 0.1) is 11.8 Å². The number of amides is 1. The van der Waals surface area contributed by atoms with Crippen molar-refractivity contribution >= 4 is 5.91 Å². The number of furan rings is 1. The summed E-state index contributed by atoms with van der Waals surface area (Å²) in [4.78, 5) is 19.6. The van der Waals surface area contributed by atoms with Gasteiger partial charge in [-0.1, -0.05) is 0 Å². The molecule has 1 amide bonds. The molecular formula is C18H22N4O2. The first kappa shape index (κ1) is 14.3. The van der Waals surface area contributed by atoms with Gasteiger partial charge in [-0.3, -0.25) is 9.89 Å². The first-order valence-corrected chi connectivity index (χ1v) is 8.96. The van der Waals surface area contributed by atoms with Gasteiger partial charge in [0.15, 0.2) is 5.82 Å². The summed E-state index contributed by atoms with van der Waals surface area (Å²) in [5, 5.41) is 7.59. The molecule has 0 bridgehead atoms. The van der Waals surface area contributed by atoms with Crippen molar-refractivity contribution in [3.05, 3.63) is 35.3 Å². The van der Waals surface area contributed by atoms with E-state index in [-0.39, 0.29) is 11.8 Å². The molecule has 2 aliphatic carbocycles. The van der Waals surface area contributed by atoms with Crippen molar-refractivity contribution in [2.45, 2.75) is 44.4 Å². The van der Waals surface area contributed by atoms with E-state index in [0.29, 0.717) is 23.2 Å². The second-order valence-corrected chi connectivity index (χ2v) is 7.56. The van der Waals surface area contributed by atoms with Crippen molar-refractivity contribution in [3.63, 3.8) is 0 Å². The lowest BCUT2D eigenvalue weighted by atomic mass is 9.91. The Morgan fingerprint density at radius 1 is 1.29 bits per heavy atom. The summed E-state index contributed by atoms with van der Waals surface area (Å²) in [6, 6.07) is 1.77. The molecule has 2 atom stereocenters. The fourth-order valence-electron chi connectivity index (χ4n) is 4.04. The van der Waals surface area contributed by atoms with Crippen molar-refractivity contribution in [3.8, 4) is 0 Å². The number of nitrogens with one attached hydrogen (secondary N) is 1. The molecule has 2 aromatic rings. The Balaban J connectivity index is 1.39. The molecule has 1 saturated heterocycles. The van der Waals surface area contributed by atoms with E-state index in [1.807, 2.05) is 11.8 Å². The van der Waals surface area contributed by atoms with E-state index in [4.69, 9.17) is 9.40 Å². The summed E-state index contributed by atoms with van der Waals surface area (Å²) >= 11 is 0. The number of aryl methyl sites for hydroxylation is 1. The Hall–Kier alpha value is -2.11. The summed E-state index contributed by atoms with van der Waals surface area (Å²) in [5.74, 6) is 4.80. The molecule has 5 rings (SSSR count). The number of nitrogens with zero attached hydrogens (tertiary/aromatic N) is 3. The number of H-pyrrole nitrogens is 1. The zero-order valence-electron chi connectivity index (χ0n) is 13.9. The molecule has 3 aliphatic rings. The standard InChI is InChI=1S/C18H22N4O2/c1-10-13(6-7-24-10)18(23)22-8-14(11-2-3-11)15(9-22)17-19-16(20-21-17)12-4-5-12/h6-7,11-12,14-15H,2-5,8-9H2,1H3,(H,19,20,21)/t14-,15+/m1/s1. The molecule has 1 aliphatic heterocycles. The fraction of sp³-hybridized carbons (Fsp3) is 0.611. The Kier molecular flexibility index (Phi) is 3.08. The maximum absolute atomic E-state index is 12.8. The molecule has 126 valence electrons. The highest BCUT2D eigenvalue weighted by Gasteiger charge is 2.46. The lowest BCUT2D eigenvalue weighted by Crippen LogP contribution is -2.29. The average molecular weight is 326 g/mol. The summed E-state index contributed by atoms with van der Waals surface area (Å²) < 4.78 is 5.30. The predicted octanol–water partition coefficient (Wildman–Crippen LogP) is 2.85. The van der Waals surface area contributed by atoms with Crippen molar-refractivity contribution in [2.24, 2.45) is 11.8 Å². The zero-order valence-corrected chi connectivity index (χ0v) is 13.9. The molecule has 6 nitrogen and oxygen atoms in total. The highest BCUT2D eigenvalue weighted by molar-refractivity contribution is 5.95. The highest BCUT2D eigenvalue weighted by Crippen LogP contribution is 2.47. The van der Waals surface area contributed by atoms with Crippen LogP contribution in [0.1, 0.15) is 65.3 Å². The normalized spacial score (nSPS) is 27.0. The first-order valence-electron chi connectivity index (χ1n) is 8.96. The van der Waals surface area contributed by atoms with E-state index in [9.17, 15) is 4.79 Å². The highest BCUT2D eigenvalue weighted by atomic mass is 16.3. The predicted molar refractivity (Wildman–Crippen MR) is 86.7 cm³/mol. The van der Waals surface area contributed by atoms with Crippen LogP contribution >= 0.6 is 0 Å². The van der Waals surface area contributed by atoms with Crippen LogP contribution in [0.2, 0.25) is 0 Å². The monoisotopic (exact) mass is 326 g/mol. The average Bonchev–Trinajstić information content (AvgIpc) is 3.48. The minimum absolute atomic E-state index is 0.0799. The van der Waals surface area contributed by atoms with Crippen LogP contribution in [0.15, 0.2) is 16.7 Å². The molecule has 2 aromatic heterocycles. The molecule has 6 heteroatoms. The van der Waals surface area contributed by atoms with E-state index in [2.05, 4.69) is 10.2 Å². The van der Waals surface area contributed by atoms with Crippen LogP contribution in [0.25, 0.3) is 0 Å². The van der Waals surface area contributed by atoms with Crippen molar-refractivity contribution < 1.29 is 9.21 Å². The van der Waals surface area contributed by atoms with Crippen LogP contribution in [-0.4, -0.2) is 39.1 Å². The Morgan fingerprint density at radius 3 is 2.79 bits per heavy atom. The summed E-state index contributed by atoms with van der Waals surface area (Å²) in [6.45, 7) is 3.39. The third kappa shape index (κ3) is 2.36. The van der Waals surface area contributed by atoms with Gasteiger partial charge in [0.1, 0.15) is 11.6 Å². The maximum atomic E-state index is 12.8. The molecule has 0 aromatic carbocycles. The van der Waals surface area contributed by atoms with E-state index >= 15 is 0 Å². The number of aromatic amines is 1. The zero-order chi connectivity index (χ0) is 16.3. The Morgan fingerprint density at radius 2 is 2.12 bits per heavy atom. The van der Waals surface area contributed by atoms with Gasteiger partial charge >= 0.3 is 0 Å². The number of likely N-dealkylation sites (tertiary alicyclic amines) is 1. The number of aromatic nitrogens is 3. The summed E-state index contributed by atoms with van der Waals surface area (Å²) in [5.41, 5.74) is 0.682. The minimum atomic E-state index is 0.0799.